The Morgan fingerprint density at radius 3 is 2.52 bits per heavy atom. The van der Waals surface area contributed by atoms with Gasteiger partial charge in [0.25, 0.3) is 0 Å². The van der Waals surface area contributed by atoms with Crippen LogP contribution in [0.5, 0.6) is 0 Å². The molecule has 2 aliphatic rings. The number of halogens is 1. The summed E-state index contributed by atoms with van der Waals surface area (Å²) in [7, 11) is 0. The van der Waals surface area contributed by atoms with E-state index in [-0.39, 0.29) is 12.4 Å². The van der Waals surface area contributed by atoms with Crippen LogP contribution in [0.3, 0.4) is 0 Å². The van der Waals surface area contributed by atoms with Crippen molar-refractivity contribution in [3.8, 4) is 0 Å². The Kier molecular flexibility index (Phi) is 5.65. The monoisotopic (exact) mass is 308 g/mol. The lowest BCUT2D eigenvalue weighted by atomic mass is 9.82. The van der Waals surface area contributed by atoms with Crippen LogP contribution in [0.15, 0.2) is 24.3 Å². The summed E-state index contributed by atoms with van der Waals surface area (Å²) in [6.07, 6.45) is 5.96. The summed E-state index contributed by atoms with van der Waals surface area (Å²) in [6.45, 7) is 1.70. The minimum absolute atomic E-state index is 0. The summed E-state index contributed by atoms with van der Waals surface area (Å²) in [4.78, 5) is 14.4. The van der Waals surface area contributed by atoms with Gasteiger partial charge in [-0.15, -0.1) is 12.4 Å². The number of nitrogens with zero attached hydrogens (tertiary/aromatic N) is 1. The Morgan fingerprint density at radius 1 is 1.14 bits per heavy atom. The average molecular weight is 309 g/mol. The summed E-state index contributed by atoms with van der Waals surface area (Å²) in [5.41, 5.74) is 8.81. The molecule has 1 aliphatic heterocycles. The topological polar surface area (TPSA) is 46.3 Å². The normalized spacial score (nSPS) is 22.3. The van der Waals surface area contributed by atoms with Crippen molar-refractivity contribution in [2.75, 3.05) is 13.1 Å². The van der Waals surface area contributed by atoms with E-state index in [9.17, 15) is 4.79 Å². The van der Waals surface area contributed by atoms with Gasteiger partial charge in [0.2, 0.25) is 5.91 Å². The van der Waals surface area contributed by atoms with Crippen LogP contribution < -0.4 is 5.73 Å². The van der Waals surface area contributed by atoms with Gasteiger partial charge in [0.05, 0.1) is 0 Å². The van der Waals surface area contributed by atoms with E-state index >= 15 is 0 Å². The van der Waals surface area contributed by atoms with E-state index in [1.807, 2.05) is 4.90 Å². The quantitative estimate of drug-likeness (QED) is 0.912. The molecule has 0 bridgehead atoms. The van der Waals surface area contributed by atoms with Gasteiger partial charge in [-0.05, 0) is 49.1 Å². The number of nitrogens with two attached hydrogens (primary N) is 1. The molecule has 0 radical (unpaired) electrons. The van der Waals surface area contributed by atoms with Crippen molar-refractivity contribution in [2.45, 2.75) is 44.6 Å². The zero-order chi connectivity index (χ0) is 13.9. The molecular weight excluding hydrogens is 284 g/mol. The molecule has 1 fully saturated rings. The van der Waals surface area contributed by atoms with Gasteiger partial charge in [-0.1, -0.05) is 24.3 Å². The second kappa shape index (κ2) is 7.28. The molecule has 0 aromatic heterocycles. The van der Waals surface area contributed by atoms with E-state index in [2.05, 4.69) is 24.3 Å². The van der Waals surface area contributed by atoms with Crippen LogP contribution in [0.1, 0.15) is 36.8 Å². The van der Waals surface area contributed by atoms with Crippen LogP contribution >= 0.6 is 12.4 Å². The first-order chi connectivity index (χ1) is 9.72. The minimum atomic E-state index is 0. The van der Waals surface area contributed by atoms with E-state index in [4.69, 9.17) is 5.73 Å². The number of carbonyl (C=O) groups is 1. The molecule has 1 aromatic rings. The molecule has 1 aliphatic carbocycles. The number of rotatable bonds is 2. The Labute approximate surface area is 133 Å². The van der Waals surface area contributed by atoms with Gasteiger partial charge >= 0.3 is 0 Å². The molecule has 1 heterocycles. The smallest absolute Gasteiger partial charge is 0.222 e. The summed E-state index contributed by atoms with van der Waals surface area (Å²) in [5.74, 6) is 0.856. The zero-order valence-electron chi connectivity index (χ0n) is 12.5. The van der Waals surface area contributed by atoms with Gasteiger partial charge < -0.3 is 10.6 Å². The highest BCUT2D eigenvalue weighted by Gasteiger charge is 2.25. The van der Waals surface area contributed by atoms with Crippen molar-refractivity contribution >= 4 is 18.3 Å². The number of amides is 1. The molecule has 0 saturated carbocycles. The number of piperidine rings is 1. The fourth-order valence-electron chi connectivity index (χ4n) is 3.47. The number of carbonyl (C=O) groups excluding carboxylic acids is 1. The molecule has 3 rings (SSSR count). The van der Waals surface area contributed by atoms with Gasteiger partial charge in [0.15, 0.2) is 0 Å². The van der Waals surface area contributed by atoms with Gasteiger partial charge in [0, 0.05) is 25.6 Å². The molecule has 3 nitrogen and oxygen atoms in total. The molecule has 1 aromatic carbocycles. The summed E-state index contributed by atoms with van der Waals surface area (Å²) in [5, 5.41) is 0. The predicted molar refractivity (Wildman–Crippen MR) is 87.6 cm³/mol. The molecule has 21 heavy (non-hydrogen) atoms. The zero-order valence-corrected chi connectivity index (χ0v) is 13.3. The number of aryl methyl sites for hydroxylation is 1. The molecule has 4 heteroatoms. The molecule has 1 atom stereocenters. The maximum absolute atomic E-state index is 12.4. The maximum Gasteiger partial charge on any atom is 0.222 e. The largest absolute Gasteiger partial charge is 0.343 e. The first kappa shape index (κ1) is 16.3. The molecule has 0 spiro atoms. The van der Waals surface area contributed by atoms with E-state index in [0.717, 1.165) is 45.2 Å². The van der Waals surface area contributed by atoms with E-state index in [1.165, 1.54) is 11.1 Å². The van der Waals surface area contributed by atoms with Crippen molar-refractivity contribution in [3.63, 3.8) is 0 Å². The van der Waals surface area contributed by atoms with Gasteiger partial charge in [-0.25, -0.2) is 0 Å². The number of benzene rings is 1. The average Bonchev–Trinajstić information content (AvgIpc) is 2.48. The van der Waals surface area contributed by atoms with E-state index < -0.39 is 0 Å². The van der Waals surface area contributed by atoms with Gasteiger partial charge in [-0.3, -0.25) is 4.79 Å². The van der Waals surface area contributed by atoms with Crippen LogP contribution in [0.4, 0.5) is 0 Å². The third kappa shape index (κ3) is 3.98. The Morgan fingerprint density at radius 2 is 1.81 bits per heavy atom. The fourth-order valence-corrected chi connectivity index (χ4v) is 3.47. The summed E-state index contributed by atoms with van der Waals surface area (Å²) < 4.78 is 0. The molecule has 116 valence electrons. The second-order valence-corrected chi connectivity index (χ2v) is 6.30. The Bertz CT molecular complexity index is 483. The van der Waals surface area contributed by atoms with E-state index in [0.29, 0.717) is 24.3 Å². The predicted octanol–water partition coefficient (Wildman–Crippen LogP) is 2.55. The molecule has 1 amide bonds. The van der Waals surface area contributed by atoms with Crippen LogP contribution in [0, 0.1) is 5.92 Å². The SMILES string of the molecule is Cl.NC1CCN(C(=O)CC2CCc3ccccc3C2)CC1. The van der Waals surface area contributed by atoms with Gasteiger partial charge in [0.1, 0.15) is 0 Å². The Balaban J connectivity index is 0.00000161. The highest BCUT2D eigenvalue weighted by Crippen LogP contribution is 2.28. The number of likely N-dealkylation sites (tertiary alicyclic amines) is 1. The van der Waals surface area contributed by atoms with Crippen molar-refractivity contribution in [1.82, 2.24) is 4.90 Å². The molecule has 1 unspecified atom stereocenters. The molecule has 2 N–H and O–H groups in total. The van der Waals surface area contributed by atoms with Crippen LogP contribution in [0.25, 0.3) is 0 Å². The van der Waals surface area contributed by atoms with Crippen molar-refractivity contribution in [3.05, 3.63) is 35.4 Å². The third-order valence-electron chi connectivity index (χ3n) is 4.80. The summed E-state index contributed by atoms with van der Waals surface area (Å²) >= 11 is 0. The van der Waals surface area contributed by atoms with Crippen molar-refractivity contribution in [1.29, 1.82) is 0 Å². The van der Waals surface area contributed by atoms with Crippen LogP contribution in [-0.2, 0) is 17.6 Å². The lowest BCUT2D eigenvalue weighted by Crippen LogP contribution is -2.43. The van der Waals surface area contributed by atoms with Crippen molar-refractivity contribution in [2.24, 2.45) is 11.7 Å². The highest BCUT2D eigenvalue weighted by atomic mass is 35.5. The van der Waals surface area contributed by atoms with Crippen LogP contribution in [-0.4, -0.2) is 29.9 Å². The third-order valence-corrected chi connectivity index (χ3v) is 4.80. The van der Waals surface area contributed by atoms with Crippen LogP contribution in [0.2, 0.25) is 0 Å². The molecular formula is C17H25ClN2O. The summed E-state index contributed by atoms with van der Waals surface area (Å²) in [6, 6.07) is 8.95. The maximum atomic E-state index is 12.4. The highest BCUT2D eigenvalue weighted by molar-refractivity contribution is 5.85. The minimum Gasteiger partial charge on any atom is -0.343 e. The fraction of sp³-hybridized carbons (Fsp3) is 0.588. The van der Waals surface area contributed by atoms with E-state index in [1.54, 1.807) is 0 Å². The first-order valence-corrected chi connectivity index (χ1v) is 7.82. The Hall–Kier alpha value is -1.06. The second-order valence-electron chi connectivity index (χ2n) is 6.30. The lowest BCUT2D eigenvalue weighted by molar-refractivity contribution is -0.133. The molecule has 1 saturated heterocycles. The number of hydrogen-bond donors (Lipinski definition) is 1. The lowest BCUT2D eigenvalue weighted by Gasteiger charge is -2.32. The van der Waals surface area contributed by atoms with Gasteiger partial charge in [-0.2, -0.15) is 0 Å². The number of hydrogen-bond acceptors (Lipinski definition) is 2. The first-order valence-electron chi connectivity index (χ1n) is 7.82. The number of fused-ring (bicyclic) bond motifs is 1. The van der Waals surface area contributed by atoms with Crippen molar-refractivity contribution < 1.29 is 4.79 Å². The standard InChI is InChI=1S/C17H24N2O.ClH/c18-16-7-9-19(10-8-16)17(20)12-13-5-6-14-3-1-2-4-15(14)11-13;/h1-4,13,16H,5-12,18H2;1H.